The Morgan fingerprint density at radius 1 is 1.06 bits per heavy atom. The zero-order chi connectivity index (χ0) is 13.6. The molecule has 4 nitrogen and oxygen atoms in total. The van der Waals surface area contributed by atoms with Crippen molar-refractivity contribution in [1.29, 1.82) is 0 Å². The van der Waals surface area contributed by atoms with Crippen molar-refractivity contribution in [2.45, 2.75) is 32.1 Å². The molecule has 0 bridgehead atoms. The van der Waals surface area contributed by atoms with Crippen LogP contribution in [0.5, 0.6) is 5.75 Å². The summed E-state index contributed by atoms with van der Waals surface area (Å²) in [5, 5.41) is 0. The van der Waals surface area contributed by atoms with Crippen LogP contribution in [0, 0.1) is 0 Å². The van der Waals surface area contributed by atoms with Gasteiger partial charge in [-0.15, -0.1) is 0 Å². The minimum atomic E-state index is -3.36. The van der Waals surface area contributed by atoms with Crippen LogP contribution in [0.15, 0.2) is 29.2 Å². The molecule has 0 amide bonds. The van der Waals surface area contributed by atoms with E-state index < -0.39 is 10.0 Å². The fraction of sp³-hybridized carbons (Fsp3) is 0.538. The Morgan fingerprint density at radius 2 is 1.61 bits per heavy atom. The molecule has 1 rings (SSSR count). The minimum Gasteiger partial charge on any atom is -0.494 e. The van der Waals surface area contributed by atoms with Gasteiger partial charge in [0.25, 0.3) is 0 Å². The Morgan fingerprint density at radius 3 is 2.06 bits per heavy atom. The summed E-state index contributed by atoms with van der Waals surface area (Å²) < 4.78 is 31.3. The van der Waals surface area contributed by atoms with Crippen LogP contribution < -0.4 is 4.74 Å². The molecule has 0 aliphatic rings. The van der Waals surface area contributed by atoms with Crippen molar-refractivity contribution in [3.63, 3.8) is 0 Å². The molecule has 0 aliphatic carbocycles. The predicted octanol–water partition coefficient (Wildman–Crippen LogP) is 2.51. The van der Waals surface area contributed by atoms with Gasteiger partial charge in [-0.05, 0) is 30.7 Å². The summed E-state index contributed by atoms with van der Waals surface area (Å²) in [5.74, 6) is 0.704. The standard InChI is InChI=1S/C13H21NO3S/c1-4-11-17-12-7-9-13(10-8-12)18(15,16)14(5-2)6-3/h7-10H,4-6,11H2,1-3H3. The lowest BCUT2D eigenvalue weighted by molar-refractivity contribution is 0.317. The number of benzene rings is 1. The van der Waals surface area contributed by atoms with Crippen molar-refractivity contribution in [3.05, 3.63) is 24.3 Å². The second kappa shape index (κ2) is 6.75. The molecule has 102 valence electrons. The van der Waals surface area contributed by atoms with E-state index >= 15 is 0 Å². The molecule has 5 heteroatoms. The minimum absolute atomic E-state index is 0.315. The predicted molar refractivity (Wildman–Crippen MR) is 72.3 cm³/mol. The van der Waals surface area contributed by atoms with E-state index in [2.05, 4.69) is 0 Å². The highest BCUT2D eigenvalue weighted by molar-refractivity contribution is 7.89. The van der Waals surface area contributed by atoms with Crippen LogP contribution in [0.25, 0.3) is 0 Å². The Bertz CT molecular complexity index is 450. The maximum Gasteiger partial charge on any atom is 0.243 e. The molecule has 0 atom stereocenters. The highest BCUT2D eigenvalue weighted by Crippen LogP contribution is 2.19. The van der Waals surface area contributed by atoms with Crippen LogP contribution in [-0.4, -0.2) is 32.4 Å². The molecule has 0 spiro atoms. The topological polar surface area (TPSA) is 46.6 Å². The van der Waals surface area contributed by atoms with Crippen LogP contribution >= 0.6 is 0 Å². The maximum atomic E-state index is 12.2. The van der Waals surface area contributed by atoms with E-state index in [1.807, 2.05) is 20.8 Å². The molecule has 1 aromatic carbocycles. The molecule has 0 N–H and O–H groups in total. The molecule has 0 aliphatic heterocycles. The average molecular weight is 271 g/mol. The van der Waals surface area contributed by atoms with Crippen LogP contribution in [0.4, 0.5) is 0 Å². The Labute approximate surface area is 110 Å². The lowest BCUT2D eigenvalue weighted by Gasteiger charge is -2.18. The van der Waals surface area contributed by atoms with E-state index in [1.54, 1.807) is 24.3 Å². The van der Waals surface area contributed by atoms with Crippen LogP contribution in [0.1, 0.15) is 27.2 Å². The van der Waals surface area contributed by atoms with Gasteiger partial charge in [0.15, 0.2) is 0 Å². The number of rotatable bonds is 7. The second-order valence-corrected chi connectivity index (χ2v) is 5.85. The zero-order valence-corrected chi connectivity index (χ0v) is 12.0. The summed E-state index contributed by atoms with van der Waals surface area (Å²) in [6.07, 6.45) is 0.930. The molecular formula is C13H21NO3S. The van der Waals surface area contributed by atoms with Gasteiger partial charge in [-0.2, -0.15) is 4.31 Å². The largest absolute Gasteiger partial charge is 0.494 e. The summed E-state index contributed by atoms with van der Waals surface area (Å²) in [6, 6.07) is 6.59. The van der Waals surface area contributed by atoms with Gasteiger partial charge in [0.05, 0.1) is 11.5 Å². The van der Waals surface area contributed by atoms with Crippen molar-refractivity contribution in [3.8, 4) is 5.75 Å². The molecular weight excluding hydrogens is 250 g/mol. The second-order valence-electron chi connectivity index (χ2n) is 3.91. The lowest BCUT2D eigenvalue weighted by Crippen LogP contribution is -2.30. The highest BCUT2D eigenvalue weighted by Gasteiger charge is 2.21. The van der Waals surface area contributed by atoms with Crippen LogP contribution in [0.2, 0.25) is 0 Å². The first-order chi connectivity index (χ1) is 8.56. The summed E-state index contributed by atoms with van der Waals surface area (Å²) >= 11 is 0. The molecule has 0 fully saturated rings. The SMILES string of the molecule is CCCOc1ccc(S(=O)(=O)N(CC)CC)cc1. The Hall–Kier alpha value is -1.07. The number of ether oxygens (including phenoxy) is 1. The van der Waals surface area contributed by atoms with Crippen LogP contribution in [0.3, 0.4) is 0 Å². The molecule has 18 heavy (non-hydrogen) atoms. The molecule has 0 saturated carbocycles. The maximum absolute atomic E-state index is 12.2. The number of hydrogen-bond acceptors (Lipinski definition) is 3. The Balaban J connectivity index is 2.90. The molecule has 0 radical (unpaired) electrons. The molecule has 0 heterocycles. The molecule has 0 saturated heterocycles. The molecule has 1 aromatic rings. The monoisotopic (exact) mass is 271 g/mol. The van der Waals surface area contributed by atoms with Gasteiger partial charge >= 0.3 is 0 Å². The fourth-order valence-corrected chi connectivity index (χ4v) is 3.10. The quantitative estimate of drug-likeness (QED) is 0.765. The van der Waals surface area contributed by atoms with E-state index in [0.29, 0.717) is 30.3 Å². The van der Waals surface area contributed by atoms with Gasteiger partial charge < -0.3 is 4.74 Å². The first-order valence-electron chi connectivity index (χ1n) is 6.29. The van der Waals surface area contributed by atoms with Crippen molar-refractivity contribution in [2.24, 2.45) is 0 Å². The van der Waals surface area contributed by atoms with Gasteiger partial charge in [-0.25, -0.2) is 8.42 Å². The Kier molecular flexibility index (Phi) is 5.62. The third-order valence-electron chi connectivity index (χ3n) is 2.64. The zero-order valence-electron chi connectivity index (χ0n) is 11.2. The first-order valence-corrected chi connectivity index (χ1v) is 7.73. The first kappa shape index (κ1) is 15.0. The number of nitrogens with zero attached hydrogens (tertiary/aromatic N) is 1. The molecule has 0 unspecified atom stereocenters. The van der Waals surface area contributed by atoms with E-state index in [0.717, 1.165) is 6.42 Å². The van der Waals surface area contributed by atoms with Gasteiger partial charge in [-0.1, -0.05) is 20.8 Å². The van der Waals surface area contributed by atoms with E-state index in [4.69, 9.17) is 4.74 Å². The summed E-state index contributed by atoms with van der Waals surface area (Å²) in [7, 11) is -3.36. The van der Waals surface area contributed by atoms with E-state index in [9.17, 15) is 8.42 Å². The highest BCUT2D eigenvalue weighted by atomic mass is 32.2. The van der Waals surface area contributed by atoms with Gasteiger partial charge in [0.2, 0.25) is 10.0 Å². The van der Waals surface area contributed by atoms with Gasteiger partial charge in [-0.3, -0.25) is 0 Å². The third kappa shape index (κ3) is 3.46. The summed E-state index contributed by atoms with van der Waals surface area (Å²) in [6.45, 7) is 7.29. The average Bonchev–Trinajstić information content (AvgIpc) is 2.38. The van der Waals surface area contributed by atoms with Crippen molar-refractivity contribution < 1.29 is 13.2 Å². The van der Waals surface area contributed by atoms with Crippen molar-refractivity contribution in [2.75, 3.05) is 19.7 Å². The number of hydrogen-bond donors (Lipinski definition) is 0. The molecule has 0 aromatic heterocycles. The fourth-order valence-electron chi connectivity index (χ4n) is 1.64. The van der Waals surface area contributed by atoms with Crippen molar-refractivity contribution in [1.82, 2.24) is 4.31 Å². The summed E-state index contributed by atoms with van der Waals surface area (Å²) in [4.78, 5) is 0.315. The summed E-state index contributed by atoms with van der Waals surface area (Å²) in [5.41, 5.74) is 0. The van der Waals surface area contributed by atoms with Crippen LogP contribution in [-0.2, 0) is 10.0 Å². The number of sulfonamides is 1. The third-order valence-corrected chi connectivity index (χ3v) is 4.70. The van der Waals surface area contributed by atoms with Crippen molar-refractivity contribution >= 4 is 10.0 Å². The lowest BCUT2D eigenvalue weighted by atomic mass is 10.3. The van der Waals surface area contributed by atoms with Gasteiger partial charge in [0.1, 0.15) is 5.75 Å². The van der Waals surface area contributed by atoms with E-state index in [1.165, 1.54) is 4.31 Å². The van der Waals surface area contributed by atoms with Gasteiger partial charge in [0, 0.05) is 13.1 Å². The normalized spacial score (nSPS) is 11.8. The smallest absolute Gasteiger partial charge is 0.243 e. The van der Waals surface area contributed by atoms with E-state index in [-0.39, 0.29) is 0 Å².